The Morgan fingerprint density at radius 1 is 1.12 bits per heavy atom. The zero-order chi connectivity index (χ0) is 17.2. The molecule has 3 aliphatic carbocycles. The van der Waals surface area contributed by atoms with Crippen molar-refractivity contribution in [2.75, 3.05) is 7.11 Å². The lowest BCUT2D eigenvalue weighted by atomic mass is 9.53. The Morgan fingerprint density at radius 3 is 2.76 bits per heavy atom. The normalized spacial score (nSPS) is 41.8. The Balaban J connectivity index is 1.48. The first-order valence-corrected chi connectivity index (χ1v) is 9.95. The lowest BCUT2D eigenvalue weighted by molar-refractivity contribution is -0.163. The fourth-order valence-electron chi connectivity index (χ4n) is 6.98. The van der Waals surface area contributed by atoms with Crippen LogP contribution >= 0.6 is 0 Å². The number of carbonyl (C=O) groups excluding carboxylic acids is 1. The number of hydrogen-bond acceptors (Lipinski definition) is 3. The molecule has 1 saturated heterocycles. The average Bonchev–Trinajstić information content (AvgIpc) is 3.15. The Hall–Kier alpha value is -1.51. The highest BCUT2D eigenvalue weighted by Crippen LogP contribution is 2.67. The van der Waals surface area contributed by atoms with Crippen molar-refractivity contribution in [3.8, 4) is 5.75 Å². The van der Waals surface area contributed by atoms with Gasteiger partial charge in [0.05, 0.1) is 7.11 Å². The summed E-state index contributed by atoms with van der Waals surface area (Å²) in [5.41, 5.74) is 3.08. The van der Waals surface area contributed by atoms with Gasteiger partial charge in [0.2, 0.25) is 0 Å². The average molecular weight is 340 g/mol. The largest absolute Gasteiger partial charge is 0.497 e. The quantitative estimate of drug-likeness (QED) is 0.699. The second kappa shape index (κ2) is 5.25. The summed E-state index contributed by atoms with van der Waals surface area (Å²) in [6.07, 6.45) is 8.74. The van der Waals surface area contributed by atoms with Crippen LogP contribution in [0.1, 0.15) is 68.9 Å². The van der Waals surface area contributed by atoms with Crippen LogP contribution in [0.5, 0.6) is 5.75 Å². The number of fused-ring (bicyclic) bond motifs is 6. The highest BCUT2D eigenvalue weighted by Gasteiger charge is 2.65. The molecule has 0 amide bonds. The molecule has 1 heterocycles. The molecular formula is C22H28O3. The minimum atomic E-state index is -0.153. The molecule has 5 rings (SSSR count). The van der Waals surface area contributed by atoms with E-state index in [1.807, 2.05) is 0 Å². The summed E-state index contributed by atoms with van der Waals surface area (Å²) in [5, 5.41) is 0. The van der Waals surface area contributed by atoms with Crippen LogP contribution in [0.15, 0.2) is 18.2 Å². The lowest BCUT2D eigenvalue weighted by Crippen LogP contribution is -2.50. The van der Waals surface area contributed by atoms with Gasteiger partial charge in [-0.3, -0.25) is 4.79 Å². The van der Waals surface area contributed by atoms with Gasteiger partial charge >= 0.3 is 5.97 Å². The van der Waals surface area contributed by atoms with Crippen molar-refractivity contribution >= 4 is 5.97 Å². The van der Waals surface area contributed by atoms with Crippen molar-refractivity contribution in [1.29, 1.82) is 0 Å². The molecule has 134 valence electrons. The first-order chi connectivity index (χ1) is 12.1. The van der Waals surface area contributed by atoms with Gasteiger partial charge in [-0.15, -0.1) is 0 Å². The first-order valence-electron chi connectivity index (χ1n) is 9.95. The van der Waals surface area contributed by atoms with E-state index in [9.17, 15) is 4.79 Å². The Morgan fingerprint density at radius 2 is 2.00 bits per heavy atom. The maximum absolute atomic E-state index is 11.9. The topological polar surface area (TPSA) is 35.5 Å². The van der Waals surface area contributed by atoms with Gasteiger partial charge in [-0.25, -0.2) is 0 Å². The summed E-state index contributed by atoms with van der Waals surface area (Å²) < 4.78 is 11.4. The third kappa shape index (κ3) is 2.01. The molecule has 0 radical (unpaired) electrons. The molecule has 1 aromatic carbocycles. The smallest absolute Gasteiger partial charge is 0.306 e. The second-order valence-corrected chi connectivity index (χ2v) is 8.94. The predicted octanol–water partition coefficient (Wildman–Crippen LogP) is 4.63. The molecule has 0 N–H and O–H groups in total. The van der Waals surface area contributed by atoms with Gasteiger partial charge in [-0.1, -0.05) is 13.0 Å². The van der Waals surface area contributed by atoms with Gasteiger partial charge in [-0.2, -0.15) is 0 Å². The number of esters is 1. The highest BCUT2D eigenvalue weighted by atomic mass is 16.6. The number of ether oxygens (including phenoxy) is 2. The summed E-state index contributed by atoms with van der Waals surface area (Å²) in [6, 6.07) is 6.69. The number of aryl methyl sites for hydroxylation is 1. The Bertz CT molecular complexity index is 726. The molecule has 3 nitrogen and oxygen atoms in total. The van der Waals surface area contributed by atoms with E-state index in [1.165, 1.54) is 31.2 Å². The van der Waals surface area contributed by atoms with Gasteiger partial charge in [0, 0.05) is 11.8 Å². The van der Waals surface area contributed by atoms with Crippen LogP contribution < -0.4 is 4.74 Å². The van der Waals surface area contributed by atoms with Crippen molar-refractivity contribution in [2.24, 2.45) is 17.3 Å². The molecular weight excluding hydrogens is 312 g/mol. The summed E-state index contributed by atoms with van der Waals surface area (Å²) >= 11 is 0. The second-order valence-electron chi connectivity index (χ2n) is 8.94. The minimum Gasteiger partial charge on any atom is -0.497 e. The van der Waals surface area contributed by atoms with Crippen LogP contribution in [-0.4, -0.2) is 18.7 Å². The van der Waals surface area contributed by atoms with E-state index in [0.717, 1.165) is 30.9 Å². The van der Waals surface area contributed by atoms with Crippen LogP contribution in [0.2, 0.25) is 0 Å². The number of carbonyl (C=O) groups is 1. The molecule has 3 unspecified atom stereocenters. The molecule has 0 aromatic heterocycles. The zero-order valence-corrected chi connectivity index (χ0v) is 15.3. The van der Waals surface area contributed by atoms with Gasteiger partial charge < -0.3 is 9.47 Å². The van der Waals surface area contributed by atoms with Crippen LogP contribution in [0.3, 0.4) is 0 Å². The molecule has 5 atom stereocenters. The highest BCUT2D eigenvalue weighted by molar-refractivity contribution is 5.72. The zero-order valence-electron chi connectivity index (χ0n) is 15.3. The SMILES string of the molecule is COc1ccc2c(c1)CCC1C2CC[C@@]2(C)C1CC[C@@]21CCC(=O)O1. The molecule has 4 aliphatic rings. The predicted molar refractivity (Wildman–Crippen MR) is 95.7 cm³/mol. The summed E-state index contributed by atoms with van der Waals surface area (Å²) in [7, 11) is 1.75. The number of rotatable bonds is 1. The lowest BCUT2D eigenvalue weighted by Gasteiger charge is -2.53. The van der Waals surface area contributed by atoms with E-state index >= 15 is 0 Å². The Kier molecular flexibility index (Phi) is 3.30. The molecule has 1 aliphatic heterocycles. The fourth-order valence-corrected chi connectivity index (χ4v) is 6.98. The summed E-state index contributed by atoms with van der Waals surface area (Å²) in [6.45, 7) is 2.43. The van der Waals surface area contributed by atoms with E-state index in [-0.39, 0.29) is 17.0 Å². The van der Waals surface area contributed by atoms with Crippen molar-refractivity contribution < 1.29 is 14.3 Å². The van der Waals surface area contributed by atoms with Gasteiger partial charge in [0.15, 0.2) is 0 Å². The van der Waals surface area contributed by atoms with Gasteiger partial charge in [-0.05, 0) is 86.0 Å². The van der Waals surface area contributed by atoms with E-state index in [2.05, 4.69) is 25.1 Å². The van der Waals surface area contributed by atoms with Crippen molar-refractivity contribution in [3.05, 3.63) is 29.3 Å². The summed E-state index contributed by atoms with van der Waals surface area (Å²) in [4.78, 5) is 11.9. The summed E-state index contributed by atoms with van der Waals surface area (Å²) in [5.74, 6) is 3.14. The van der Waals surface area contributed by atoms with Crippen molar-refractivity contribution in [1.82, 2.24) is 0 Å². The molecule has 1 aromatic rings. The third-order valence-electron chi connectivity index (χ3n) is 8.27. The minimum absolute atomic E-state index is 0.0325. The Labute approximate surface area is 150 Å². The molecule has 2 saturated carbocycles. The van der Waals surface area contributed by atoms with Crippen LogP contribution in [0, 0.1) is 17.3 Å². The van der Waals surface area contributed by atoms with Crippen molar-refractivity contribution in [2.45, 2.75) is 69.8 Å². The van der Waals surface area contributed by atoms with Gasteiger partial charge in [0.25, 0.3) is 0 Å². The van der Waals surface area contributed by atoms with Crippen LogP contribution in [-0.2, 0) is 16.0 Å². The molecule has 1 spiro atoms. The maximum atomic E-state index is 11.9. The molecule has 25 heavy (non-hydrogen) atoms. The van der Waals surface area contributed by atoms with E-state index in [1.54, 1.807) is 12.7 Å². The monoisotopic (exact) mass is 340 g/mol. The number of methoxy groups -OCH3 is 1. The van der Waals surface area contributed by atoms with E-state index in [0.29, 0.717) is 18.3 Å². The molecule has 3 heteroatoms. The standard InChI is InChI=1S/C22H28O3/c1-21-10-7-17-16-6-4-15(24-2)13-14(16)3-5-18(17)19(21)8-11-22(21)12-9-20(23)25-22/h4,6,13,17-19H,3,5,7-12H2,1-2H3/t17?,18?,19?,21-,22+/m0/s1. The number of hydrogen-bond donors (Lipinski definition) is 0. The third-order valence-corrected chi connectivity index (χ3v) is 8.27. The van der Waals surface area contributed by atoms with Crippen molar-refractivity contribution in [3.63, 3.8) is 0 Å². The molecule has 3 fully saturated rings. The van der Waals surface area contributed by atoms with Crippen LogP contribution in [0.4, 0.5) is 0 Å². The fraction of sp³-hybridized carbons (Fsp3) is 0.682. The van der Waals surface area contributed by atoms with E-state index in [4.69, 9.17) is 9.47 Å². The van der Waals surface area contributed by atoms with Crippen LogP contribution in [0.25, 0.3) is 0 Å². The molecule has 0 bridgehead atoms. The number of benzene rings is 1. The first kappa shape index (κ1) is 15.7. The van der Waals surface area contributed by atoms with E-state index < -0.39 is 0 Å². The van der Waals surface area contributed by atoms with Gasteiger partial charge in [0.1, 0.15) is 11.4 Å². The maximum Gasteiger partial charge on any atom is 0.306 e.